The second-order valence-corrected chi connectivity index (χ2v) is 11.7. The lowest BCUT2D eigenvalue weighted by molar-refractivity contribution is -0.166. The molecule has 9 heteroatoms. The van der Waals surface area contributed by atoms with Crippen LogP contribution in [0.5, 0.6) is 11.5 Å². The number of hydrogen-bond donors (Lipinski definition) is 1. The van der Waals surface area contributed by atoms with Gasteiger partial charge >= 0.3 is 23.9 Å². The molecule has 0 saturated heterocycles. The van der Waals surface area contributed by atoms with Crippen molar-refractivity contribution in [2.75, 3.05) is 0 Å². The lowest BCUT2D eigenvalue weighted by Crippen LogP contribution is -2.39. The lowest BCUT2D eigenvalue weighted by atomic mass is 9.97. The Labute approximate surface area is 226 Å². The minimum Gasteiger partial charge on any atom is -0.459 e. The molecule has 1 unspecified atom stereocenters. The number of nitrogens with two attached hydrogens (primary N) is 1. The normalized spacial score (nSPS) is 14.2. The summed E-state index contributed by atoms with van der Waals surface area (Å²) in [7, 11) is 0. The number of benzene rings is 1. The number of unbranched alkanes of at least 4 members (excludes halogenated alkanes) is 2. The van der Waals surface area contributed by atoms with Gasteiger partial charge in [-0.25, -0.2) is 0 Å². The van der Waals surface area contributed by atoms with E-state index in [4.69, 9.17) is 24.7 Å². The first-order valence-corrected chi connectivity index (χ1v) is 13.2. The minimum atomic E-state index is -1.03. The van der Waals surface area contributed by atoms with Gasteiger partial charge in [0.2, 0.25) is 0 Å². The molecule has 1 aromatic carbocycles. The quantitative estimate of drug-likeness (QED) is 0.225. The van der Waals surface area contributed by atoms with E-state index in [1.165, 1.54) is 12.1 Å². The van der Waals surface area contributed by atoms with Crippen LogP contribution in [0, 0.1) is 10.8 Å². The zero-order valence-corrected chi connectivity index (χ0v) is 24.3. The molecule has 1 aromatic rings. The van der Waals surface area contributed by atoms with Crippen LogP contribution in [0.2, 0.25) is 0 Å². The van der Waals surface area contributed by atoms with E-state index in [2.05, 4.69) is 0 Å². The van der Waals surface area contributed by atoms with Gasteiger partial charge in [0.1, 0.15) is 18.2 Å². The average Bonchev–Trinajstić information content (AvgIpc) is 2.79. The van der Waals surface area contributed by atoms with E-state index in [9.17, 15) is 19.2 Å². The maximum absolute atomic E-state index is 12.6. The first-order valence-electron chi connectivity index (χ1n) is 13.2. The van der Waals surface area contributed by atoms with E-state index in [1.54, 1.807) is 61.5 Å². The van der Waals surface area contributed by atoms with Gasteiger partial charge in [-0.15, -0.1) is 0 Å². The first-order chi connectivity index (χ1) is 17.4. The van der Waals surface area contributed by atoms with Crippen LogP contribution >= 0.6 is 0 Å². The second-order valence-electron chi connectivity index (χ2n) is 11.7. The van der Waals surface area contributed by atoms with Gasteiger partial charge < -0.3 is 24.7 Å². The van der Waals surface area contributed by atoms with Crippen LogP contribution in [0.1, 0.15) is 93.6 Å². The van der Waals surface area contributed by atoms with Crippen LogP contribution in [-0.4, -0.2) is 42.1 Å². The number of rotatable bonds is 12. The summed E-state index contributed by atoms with van der Waals surface area (Å²) in [5, 5.41) is 0. The standard InChI is InChI=1S/C29H45NO8/c1-10-11-12-13-24(31)35-18(2)19(3)36-25(32)21(30)16-20-14-15-22(37-26(33)28(4,5)6)23(17-20)38-27(34)29(7,8)9/h14-15,17-19,21H,10-13,16,30H2,1-9H3/t18?,19-,21-/m0/s1. The minimum absolute atomic E-state index is 0.0533. The van der Waals surface area contributed by atoms with Crippen molar-refractivity contribution < 1.29 is 38.1 Å². The average molecular weight is 536 g/mol. The summed E-state index contributed by atoms with van der Waals surface area (Å²) in [5.41, 5.74) is 5.11. The molecule has 0 bridgehead atoms. The van der Waals surface area contributed by atoms with Crippen LogP contribution in [0.15, 0.2) is 18.2 Å². The van der Waals surface area contributed by atoms with Crippen LogP contribution in [0.25, 0.3) is 0 Å². The molecule has 0 heterocycles. The highest BCUT2D eigenvalue weighted by Gasteiger charge is 2.29. The maximum atomic E-state index is 12.6. The summed E-state index contributed by atoms with van der Waals surface area (Å²) in [6.07, 6.45) is 1.78. The summed E-state index contributed by atoms with van der Waals surface area (Å²) in [5.74, 6) is -1.86. The maximum Gasteiger partial charge on any atom is 0.323 e. The van der Waals surface area contributed by atoms with Crippen LogP contribution in [0.4, 0.5) is 0 Å². The summed E-state index contributed by atoms with van der Waals surface area (Å²) in [6, 6.07) is 3.63. The lowest BCUT2D eigenvalue weighted by Gasteiger charge is -2.23. The molecule has 0 aromatic heterocycles. The highest BCUT2D eigenvalue weighted by molar-refractivity contribution is 5.81. The molecule has 38 heavy (non-hydrogen) atoms. The highest BCUT2D eigenvalue weighted by atomic mass is 16.6. The smallest absolute Gasteiger partial charge is 0.323 e. The van der Waals surface area contributed by atoms with Crippen molar-refractivity contribution in [3.63, 3.8) is 0 Å². The summed E-state index contributed by atoms with van der Waals surface area (Å²) in [4.78, 5) is 49.6. The SMILES string of the molecule is CCCCCC(=O)OC(C)[C@H](C)OC(=O)[C@@H](N)Cc1ccc(OC(=O)C(C)(C)C)c(OC(=O)C(C)(C)C)c1. The summed E-state index contributed by atoms with van der Waals surface area (Å²) >= 11 is 0. The zero-order chi connectivity index (χ0) is 29.3. The van der Waals surface area contributed by atoms with Crippen molar-refractivity contribution in [2.24, 2.45) is 16.6 Å². The molecular weight excluding hydrogens is 490 g/mol. The monoisotopic (exact) mass is 535 g/mol. The van der Waals surface area contributed by atoms with Gasteiger partial charge in [-0.05, 0) is 85.9 Å². The Morgan fingerprint density at radius 3 is 1.87 bits per heavy atom. The molecule has 214 valence electrons. The van der Waals surface area contributed by atoms with E-state index in [0.29, 0.717) is 12.0 Å². The van der Waals surface area contributed by atoms with E-state index >= 15 is 0 Å². The molecule has 0 aliphatic heterocycles. The molecule has 9 nitrogen and oxygen atoms in total. The highest BCUT2D eigenvalue weighted by Crippen LogP contribution is 2.33. The molecule has 0 amide bonds. The fraction of sp³-hybridized carbons (Fsp3) is 0.655. The molecule has 0 radical (unpaired) electrons. The first kappa shape index (κ1) is 33.1. The Kier molecular flexibility index (Phi) is 12.4. The second kappa shape index (κ2) is 14.3. The third-order valence-electron chi connectivity index (χ3n) is 5.66. The fourth-order valence-electron chi connectivity index (χ4n) is 2.93. The van der Waals surface area contributed by atoms with Gasteiger partial charge in [-0.2, -0.15) is 0 Å². The molecule has 2 N–H and O–H groups in total. The third-order valence-corrected chi connectivity index (χ3v) is 5.66. The van der Waals surface area contributed by atoms with Crippen molar-refractivity contribution in [2.45, 2.75) is 113 Å². The fourth-order valence-corrected chi connectivity index (χ4v) is 2.93. The third kappa shape index (κ3) is 11.2. The Hall–Kier alpha value is -2.94. The predicted octanol–water partition coefficient (Wildman–Crippen LogP) is 4.90. The molecule has 0 spiro atoms. The van der Waals surface area contributed by atoms with Crippen molar-refractivity contribution in [1.29, 1.82) is 0 Å². The number of carbonyl (C=O) groups excluding carboxylic acids is 4. The number of carbonyl (C=O) groups is 4. The molecule has 0 aliphatic carbocycles. The van der Waals surface area contributed by atoms with E-state index in [1.807, 2.05) is 6.92 Å². The van der Waals surface area contributed by atoms with Gasteiger partial charge in [-0.3, -0.25) is 19.2 Å². The van der Waals surface area contributed by atoms with Gasteiger partial charge in [0, 0.05) is 6.42 Å². The van der Waals surface area contributed by atoms with Gasteiger partial charge in [0.05, 0.1) is 10.8 Å². The topological polar surface area (TPSA) is 131 Å². The molecule has 0 fully saturated rings. The Morgan fingerprint density at radius 2 is 1.34 bits per heavy atom. The van der Waals surface area contributed by atoms with Gasteiger partial charge in [0.25, 0.3) is 0 Å². The molecule has 3 atom stereocenters. The Balaban J connectivity index is 2.93. The molecular formula is C29H45NO8. The van der Waals surface area contributed by atoms with Crippen LogP contribution in [0.3, 0.4) is 0 Å². The molecule has 0 aliphatic rings. The summed E-state index contributed by atoms with van der Waals surface area (Å²) < 4.78 is 21.8. The van der Waals surface area contributed by atoms with E-state index < -0.39 is 47.0 Å². The van der Waals surface area contributed by atoms with Crippen molar-refractivity contribution in [3.8, 4) is 11.5 Å². The number of ether oxygens (including phenoxy) is 4. The predicted molar refractivity (Wildman–Crippen MR) is 144 cm³/mol. The number of hydrogen-bond acceptors (Lipinski definition) is 9. The van der Waals surface area contributed by atoms with Gasteiger partial charge in [0.15, 0.2) is 11.5 Å². The Morgan fingerprint density at radius 1 is 0.816 bits per heavy atom. The largest absolute Gasteiger partial charge is 0.459 e. The van der Waals surface area contributed by atoms with E-state index in [0.717, 1.165) is 19.3 Å². The summed E-state index contributed by atoms with van der Waals surface area (Å²) in [6.45, 7) is 15.6. The molecule has 0 saturated carbocycles. The van der Waals surface area contributed by atoms with E-state index in [-0.39, 0.29) is 23.9 Å². The molecule has 1 rings (SSSR count). The van der Waals surface area contributed by atoms with Crippen molar-refractivity contribution in [3.05, 3.63) is 23.8 Å². The van der Waals surface area contributed by atoms with Gasteiger partial charge in [-0.1, -0.05) is 25.8 Å². The van der Waals surface area contributed by atoms with Crippen molar-refractivity contribution >= 4 is 23.9 Å². The Bertz CT molecular complexity index is 974. The van der Waals surface area contributed by atoms with Crippen LogP contribution in [-0.2, 0) is 35.1 Å². The van der Waals surface area contributed by atoms with Crippen LogP contribution < -0.4 is 15.2 Å². The van der Waals surface area contributed by atoms with Crippen molar-refractivity contribution in [1.82, 2.24) is 0 Å². The number of esters is 4. The zero-order valence-electron chi connectivity index (χ0n) is 24.3.